The van der Waals surface area contributed by atoms with Crippen LogP contribution in [0.3, 0.4) is 0 Å². The number of carbonyl (C=O) groups excluding carboxylic acids is 1. The highest BCUT2D eigenvalue weighted by molar-refractivity contribution is 5.78. The van der Waals surface area contributed by atoms with Gasteiger partial charge < -0.3 is 15.4 Å². The quantitative estimate of drug-likeness (QED) is 0.840. The predicted octanol–water partition coefficient (Wildman–Crippen LogP) is 2.73. The number of fused-ring (bicyclic) bond motifs is 1. The first kappa shape index (κ1) is 14.7. The number of hydrogen-bond donors (Lipinski definition) is 2. The van der Waals surface area contributed by atoms with E-state index in [9.17, 15) is 4.79 Å². The molecule has 0 bridgehead atoms. The first-order chi connectivity index (χ1) is 9.70. The summed E-state index contributed by atoms with van der Waals surface area (Å²) < 4.78 is 5.69. The van der Waals surface area contributed by atoms with Crippen molar-refractivity contribution in [3.63, 3.8) is 0 Å². The van der Waals surface area contributed by atoms with E-state index >= 15 is 0 Å². The fraction of sp³-hybridized carbons (Fsp3) is 0.562. The van der Waals surface area contributed by atoms with E-state index in [2.05, 4.69) is 23.6 Å². The zero-order valence-corrected chi connectivity index (χ0v) is 12.4. The number of benzene rings is 1. The van der Waals surface area contributed by atoms with Crippen molar-refractivity contribution in [3.05, 3.63) is 23.8 Å². The molecular weight excluding hydrogens is 252 g/mol. The van der Waals surface area contributed by atoms with Gasteiger partial charge in [-0.15, -0.1) is 0 Å². The molecule has 1 aromatic carbocycles. The van der Waals surface area contributed by atoms with E-state index in [4.69, 9.17) is 4.74 Å². The molecule has 0 saturated heterocycles. The highest BCUT2D eigenvalue weighted by Gasteiger charge is 2.14. The second-order valence-electron chi connectivity index (χ2n) is 5.36. The van der Waals surface area contributed by atoms with Crippen LogP contribution in [0.4, 0.5) is 5.69 Å². The molecular formula is C16H24N2O2. The zero-order valence-electron chi connectivity index (χ0n) is 12.4. The average Bonchev–Trinajstić information content (AvgIpc) is 2.45. The number of anilines is 1. The van der Waals surface area contributed by atoms with E-state index in [1.165, 1.54) is 5.56 Å². The lowest BCUT2D eigenvalue weighted by Crippen LogP contribution is -2.36. The van der Waals surface area contributed by atoms with Crippen LogP contribution in [0, 0.1) is 0 Å². The maximum atomic E-state index is 11.8. The highest BCUT2D eigenvalue weighted by atomic mass is 16.5. The SMILES string of the molecule is CCCC(C)NC(=O)COc1cccc2c1CCCN2. The van der Waals surface area contributed by atoms with E-state index in [-0.39, 0.29) is 18.6 Å². The minimum Gasteiger partial charge on any atom is -0.483 e. The Labute approximate surface area is 120 Å². The van der Waals surface area contributed by atoms with Crippen molar-refractivity contribution in [2.45, 2.75) is 45.6 Å². The number of ether oxygens (including phenoxy) is 1. The Morgan fingerprint density at radius 3 is 3.15 bits per heavy atom. The summed E-state index contributed by atoms with van der Waals surface area (Å²) in [5.41, 5.74) is 2.32. The first-order valence-corrected chi connectivity index (χ1v) is 7.48. The maximum Gasteiger partial charge on any atom is 0.258 e. The van der Waals surface area contributed by atoms with E-state index in [0.29, 0.717) is 0 Å². The van der Waals surface area contributed by atoms with Gasteiger partial charge in [-0.2, -0.15) is 0 Å². The highest BCUT2D eigenvalue weighted by Crippen LogP contribution is 2.30. The molecule has 2 N–H and O–H groups in total. The second kappa shape index (κ2) is 7.17. The van der Waals surface area contributed by atoms with Gasteiger partial charge in [-0.25, -0.2) is 0 Å². The third kappa shape index (κ3) is 3.89. The molecule has 1 unspecified atom stereocenters. The normalized spacial score (nSPS) is 14.9. The molecule has 110 valence electrons. The third-order valence-corrected chi connectivity index (χ3v) is 3.54. The Morgan fingerprint density at radius 2 is 2.35 bits per heavy atom. The molecule has 0 spiro atoms. The van der Waals surface area contributed by atoms with Crippen molar-refractivity contribution in [2.75, 3.05) is 18.5 Å². The number of nitrogens with one attached hydrogen (secondary N) is 2. The maximum absolute atomic E-state index is 11.8. The molecule has 0 saturated carbocycles. The van der Waals surface area contributed by atoms with Gasteiger partial charge in [-0.05, 0) is 38.3 Å². The van der Waals surface area contributed by atoms with Gasteiger partial charge in [0.1, 0.15) is 5.75 Å². The van der Waals surface area contributed by atoms with E-state index in [1.807, 2.05) is 19.1 Å². The van der Waals surface area contributed by atoms with E-state index in [1.54, 1.807) is 0 Å². The molecule has 0 radical (unpaired) electrons. The van der Waals surface area contributed by atoms with E-state index in [0.717, 1.165) is 43.7 Å². The van der Waals surface area contributed by atoms with Gasteiger partial charge in [0.2, 0.25) is 0 Å². The van der Waals surface area contributed by atoms with Gasteiger partial charge in [-0.1, -0.05) is 19.4 Å². The Morgan fingerprint density at radius 1 is 1.50 bits per heavy atom. The first-order valence-electron chi connectivity index (χ1n) is 7.48. The summed E-state index contributed by atoms with van der Waals surface area (Å²) in [6.45, 7) is 5.23. The summed E-state index contributed by atoms with van der Waals surface area (Å²) in [6.07, 6.45) is 4.18. The molecule has 1 atom stereocenters. The van der Waals surface area contributed by atoms with Gasteiger partial charge in [0.25, 0.3) is 5.91 Å². The summed E-state index contributed by atoms with van der Waals surface area (Å²) in [6, 6.07) is 6.17. The summed E-state index contributed by atoms with van der Waals surface area (Å²) in [4.78, 5) is 11.8. The van der Waals surface area contributed by atoms with Crippen molar-refractivity contribution >= 4 is 11.6 Å². The lowest BCUT2D eigenvalue weighted by atomic mass is 10.0. The van der Waals surface area contributed by atoms with Crippen molar-refractivity contribution in [1.29, 1.82) is 0 Å². The van der Waals surface area contributed by atoms with Crippen LogP contribution in [-0.2, 0) is 11.2 Å². The molecule has 0 fully saturated rings. The average molecular weight is 276 g/mol. The van der Waals surface area contributed by atoms with Gasteiger partial charge >= 0.3 is 0 Å². The number of hydrogen-bond acceptors (Lipinski definition) is 3. The molecule has 0 aromatic heterocycles. The second-order valence-corrected chi connectivity index (χ2v) is 5.36. The van der Waals surface area contributed by atoms with Crippen LogP contribution >= 0.6 is 0 Å². The van der Waals surface area contributed by atoms with Crippen LogP contribution in [-0.4, -0.2) is 25.1 Å². The summed E-state index contributed by atoms with van der Waals surface area (Å²) in [5.74, 6) is 0.778. The smallest absolute Gasteiger partial charge is 0.258 e. The molecule has 1 amide bonds. The number of amides is 1. The summed E-state index contributed by atoms with van der Waals surface area (Å²) in [7, 11) is 0. The number of rotatable bonds is 6. The van der Waals surface area contributed by atoms with Gasteiger partial charge in [0.15, 0.2) is 6.61 Å². The molecule has 1 aromatic rings. The minimum absolute atomic E-state index is 0.0488. The Balaban J connectivity index is 1.89. The largest absolute Gasteiger partial charge is 0.483 e. The molecule has 4 heteroatoms. The fourth-order valence-electron chi connectivity index (χ4n) is 2.58. The Kier molecular flexibility index (Phi) is 5.27. The molecule has 1 aliphatic rings. The summed E-state index contributed by atoms with van der Waals surface area (Å²) in [5, 5.41) is 6.31. The standard InChI is InChI=1S/C16H24N2O2/c1-3-6-12(2)18-16(19)11-20-15-9-4-8-14-13(15)7-5-10-17-14/h4,8-9,12,17H,3,5-7,10-11H2,1-2H3,(H,18,19). The lowest BCUT2D eigenvalue weighted by Gasteiger charge is -2.21. The fourth-order valence-corrected chi connectivity index (χ4v) is 2.58. The molecule has 0 aliphatic carbocycles. The van der Waals surface area contributed by atoms with Crippen LogP contribution in [0.25, 0.3) is 0 Å². The van der Waals surface area contributed by atoms with Gasteiger partial charge in [-0.3, -0.25) is 4.79 Å². The predicted molar refractivity (Wildman–Crippen MR) is 81.3 cm³/mol. The van der Waals surface area contributed by atoms with Gasteiger partial charge in [0, 0.05) is 23.8 Å². The van der Waals surface area contributed by atoms with Gasteiger partial charge in [0.05, 0.1) is 0 Å². The van der Waals surface area contributed by atoms with Crippen LogP contribution in [0.1, 0.15) is 38.7 Å². The topological polar surface area (TPSA) is 50.4 Å². The lowest BCUT2D eigenvalue weighted by molar-refractivity contribution is -0.123. The number of carbonyl (C=O) groups is 1. The molecule has 20 heavy (non-hydrogen) atoms. The molecule has 1 aliphatic heterocycles. The summed E-state index contributed by atoms with van der Waals surface area (Å²) >= 11 is 0. The van der Waals surface area contributed by atoms with Crippen molar-refractivity contribution in [1.82, 2.24) is 5.32 Å². The van der Waals surface area contributed by atoms with Crippen LogP contribution in [0.15, 0.2) is 18.2 Å². The minimum atomic E-state index is -0.0488. The molecule has 2 rings (SSSR count). The third-order valence-electron chi connectivity index (χ3n) is 3.54. The Hall–Kier alpha value is -1.71. The van der Waals surface area contributed by atoms with Crippen LogP contribution in [0.2, 0.25) is 0 Å². The van der Waals surface area contributed by atoms with Crippen molar-refractivity contribution in [3.8, 4) is 5.75 Å². The zero-order chi connectivity index (χ0) is 14.4. The van der Waals surface area contributed by atoms with Crippen LogP contribution < -0.4 is 15.4 Å². The van der Waals surface area contributed by atoms with Crippen molar-refractivity contribution < 1.29 is 9.53 Å². The van der Waals surface area contributed by atoms with E-state index < -0.39 is 0 Å². The molecule has 1 heterocycles. The Bertz CT molecular complexity index is 460. The molecule has 4 nitrogen and oxygen atoms in total. The monoisotopic (exact) mass is 276 g/mol. The van der Waals surface area contributed by atoms with Crippen LogP contribution in [0.5, 0.6) is 5.75 Å². The van der Waals surface area contributed by atoms with Crippen molar-refractivity contribution in [2.24, 2.45) is 0 Å².